The van der Waals surface area contributed by atoms with Gasteiger partial charge in [0.1, 0.15) is 0 Å². The summed E-state index contributed by atoms with van der Waals surface area (Å²) in [5.74, 6) is 2.15. The molecule has 2 aliphatic rings. The lowest BCUT2D eigenvalue weighted by Crippen LogP contribution is -2.45. The number of aromatic nitrogens is 4. The van der Waals surface area contributed by atoms with Gasteiger partial charge < -0.3 is 4.90 Å². The van der Waals surface area contributed by atoms with Crippen molar-refractivity contribution in [1.82, 2.24) is 25.1 Å². The molecular formula is C20H27N5OS. The molecule has 4 rings (SSSR count). The zero-order valence-corrected chi connectivity index (χ0v) is 16.9. The maximum Gasteiger partial charge on any atom is 0.233 e. The summed E-state index contributed by atoms with van der Waals surface area (Å²) in [6, 6.07) is 6.10. The fourth-order valence-electron chi connectivity index (χ4n) is 4.43. The average Bonchev–Trinajstić information content (AvgIpc) is 3.16. The highest BCUT2D eigenvalue weighted by Crippen LogP contribution is 2.36. The number of hydrogen-bond donors (Lipinski definition) is 0. The molecule has 1 saturated heterocycles. The molecule has 0 unspecified atom stereocenters. The van der Waals surface area contributed by atoms with Crippen molar-refractivity contribution in [3.05, 3.63) is 29.3 Å². The first-order valence-electron chi connectivity index (χ1n) is 9.89. The molecule has 1 aliphatic heterocycles. The number of rotatable bonds is 4. The fourth-order valence-corrected chi connectivity index (χ4v) is 5.22. The van der Waals surface area contributed by atoms with E-state index < -0.39 is 0 Å². The molecule has 1 amide bonds. The number of amides is 1. The highest BCUT2D eigenvalue weighted by molar-refractivity contribution is 7.99. The molecular weight excluding hydrogens is 358 g/mol. The van der Waals surface area contributed by atoms with Crippen molar-refractivity contribution in [3.8, 4) is 5.69 Å². The van der Waals surface area contributed by atoms with Crippen molar-refractivity contribution >= 4 is 17.7 Å². The second-order valence-electron chi connectivity index (χ2n) is 7.81. The first-order chi connectivity index (χ1) is 13.1. The monoisotopic (exact) mass is 385 g/mol. The van der Waals surface area contributed by atoms with E-state index >= 15 is 0 Å². The van der Waals surface area contributed by atoms with E-state index in [0.29, 0.717) is 16.8 Å². The summed E-state index contributed by atoms with van der Waals surface area (Å²) in [6.45, 7) is 5.99. The molecule has 6 nitrogen and oxygen atoms in total. The van der Waals surface area contributed by atoms with Crippen molar-refractivity contribution < 1.29 is 4.79 Å². The number of thioether (sulfide) groups is 1. The summed E-state index contributed by atoms with van der Waals surface area (Å²) in [5, 5.41) is 12.8. The van der Waals surface area contributed by atoms with E-state index in [2.05, 4.69) is 40.3 Å². The Morgan fingerprint density at radius 2 is 2.00 bits per heavy atom. The highest BCUT2D eigenvalue weighted by Gasteiger charge is 2.32. The van der Waals surface area contributed by atoms with E-state index in [4.69, 9.17) is 0 Å². The second-order valence-corrected chi connectivity index (χ2v) is 8.76. The molecule has 0 bridgehead atoms. The number of carbonyl (C=O) groups excluding carboxylic acids is 1. The number of fused-ring (bicyclic) bond motifs is 1. The minimum absolute atomic E-state index is 0.208. The zero-order chi connectivity index (χ0) is 18.8. The minimum atomic E-state index is 0.208. The Bertz CT molecular complexity index is 820. The molecule has 27 heavy (non-hydrogen) atoms. The summed E-state index contributed by atoms with van der Waals surface area (Å²) in [5.41, 5.74) is 3.32. The van der Waals surface area contributed by atoms with Gasteiger partial charge in [0.05, 0.1) is 11.4 Å². The number of aryl methyl sites for hydroxylation is 1. The smallest absolute Gasteiger partial charge is 0.233 e. The van der Waals surface area contributed by atoms with Crippen LogP contribution in [0.25, 0.3) is 5.69 Å². The van der Waals surface area contributed by atoms with Crippen LogP contribution >= 0.6 is 11.8 Å². The SMILES string of the molecule is Cc1cccc(-n2nnnc2SCC(=O)N2CC[C@H]3CCCC[C@H]3C2)c1C. The molecule has 2 atom stereocenters. The number of benzene rings is 1. The molecule has 2 heterocycles. The normalized spacial score (nSPS) is 22.5. The van der Waals surface area contributed by atoms with Gasteiger partial charge in [-0.2, -0.15) is 4.68 Å². The van der Waals surface area contributed by atoms with Crippen LogP contribution in [0.1, 0.15) is 43.2 Å². The molecule has 1 saturated carbocycles. The Kier molecular flexibility index (Phi) is 5.48. The van der Waals surface area contributed by atoms with Gasteiger partial charge in [0.15, 0.2) is 0 Å². The first-order valence-corrected chi connectivity index (χ1v) is 10.9. The van der Waals surface area contributed by atoms with Crippen LogP contribution in [0.2, 0.25) is 0 Å². The van der Waals surface area contributed by atoms with Crippen molar-refractivity contribution in [2.45, 2.75) is 51.1 Å². The topological polar surface area (TPSA) is 63.9 Å². The van der Waals surface area contributed by atoms with Gasteiger partial charge >= 0.3 is 0 Å². The third-order valence-corrected chi connectivity index (χ3v) is 7.12. The predicted molar refractivity (Wildman–Crippen MR) is 106 cm³/mol. The summed E-state index contributed by atoms with van der Waals surface area (Å²) in [6.07, 6.45) is 6.49. The summed E-state index contributed by atoms with van der Waals surface area (Å²) >= 11 is 1.43. The van der Waals surface area contributed by atoms with E-state index in [-0.39, 0.29) is 5.91 Å². The van der Waals surface area contributed by atoms with Crippen molar-refractivity contribution in [1.29, 1.82) is 0 Å². The van der Waals surface area contributed by atoms with Gasteiger partial charge in [-0.05, 0) is 66.1 Å². The number of carbonyl (C=O) groups is 1. The highest BCUT2D eigenvalue weighted by atomic mass is 32.2. The van der Waals surface area contributed by atoms with Crippen LogP contribution in [-0.4, -0.2) is 49.9 Å². The van der Waals surface area contributed by atoms with Crippen molar-refractivity contribution in [3.63, 3.8) is 0 Å². The molecule has 1 aromatic carbocycles. The van der Waals surface area contributed by atoms with Gasteiger partial charge in [-0.25, -0.2) is 0 Å². The standard InChI is InChI=1S/C20H27N5OS/c1-14-6-5-9-18(15(14)2)25-20(21-22-23-25)27-13-19(26)24-11-10-16-7-3-4-8-17(16)12-24/h5-6,9,16-17H,3-4,7-8,10-13H2,1-2H3/t16-,17+/m1/s1. The summed E-state index contributed by atoms with van der Waals surface area (Å²) in [7, 11) is 0. The van der Waals surface area contributed by atoms with Gasteiger partial charge in [-0.3, -0.25) is 4.79 Å². The van der Waals surface area contributed by atoms with Gasteiger partial charge in [-0.1, -0.05) is 43.2 Å². The lowest BCUT2D eigenvalue weighted by molar-refractivity contribution is -0.131. The molecule has 1 aliphatic carbocycles. The Balaban J connectivity index is 1.40. The Hall–Kier alpha value is -1.89. The predicted octanol–water partition coefficient (Wildman–Crippen LogP) is 3.41. The summed E-state index contributed by atoms with van der Waals surface area (Å²) < 4.78 is 1.74. The Morgan fingerprint density at radius 3 is 2.85 bits per heavy atom. The number of hydrogen-bond acceptors (Lipinski definition) is 5. The molecule has 0 spiro atoms. The van der Waals surface area contributed by atoms with E-state index in [0.717, 1.165) is 30.3 Å². The van der Waals surface area contributed by atoms with Crippen LogP contribution in [0, 0.1) is 25.7 Å². The summed E-state index contributed by atoms with van der Waals surface area (Å²) in [4.78, 5) is 14.8. The van der Waals surface area contributed by atoms with Crippen LogP contribution in [0.15, 0.2) is 23.4 Å². The van der Waals surface area contributed by atoms with Crippen LogP contribution in [0.3, 0.4) is 0 Å². The maximum atomic E-state index is 12.8. The molecule has 1 aromatic heterocycles. The second kappa shape index (κ2) is 8.00. The fraction of sp³-hybridized carbons (Fsp3) is 0.600. The molecule has 0 N–H and O–H groups in total. The molecule has 144 valence electrons. The zero-order valence-electron chi connectivity index (χ0n) is 16.1. The van der Waals surface area contributed by atoms with E-state index in [9.17, 15) is 4.79 Å². The van der Waals surface area contributed by atoms with Gasteiger partial charge in [0.2, 0.25) is 11.1 Å². The minimum Gasteiger partial charge on any atom is -0.342 e. The van der Waals surface area contributed by atoms with Crippen LogP contribution in [0.5, 0.6) is 0 Å². The van der Waals surface area contributed by atoms with E-state index in [1.807, 2.05) is 12.1 Å². The number of piperidine rings is 1. The van der Waals surface area contributed by atoms with Crippen molar-refractivity contribution in [2.24, 2.45) is 11.8 Å². The molecule has 2 fully saturated rings. The molecule has 2 aromatic rings. The van der Waals surface area contributed by atoms with Crippen LogP contribution < -0.4 is 0 Å². The largest absolute Gasteiger partial charge is 0.342 e. The molecule has 0 radical (unpaired) electrons. The van der Waals surface area contributed by atoms with Crippen LogP contribution in [0.4, 0.5) is 0 Å². The Morgan fingerprint density at radius 1 is 1.19 bits per heavy atom. The van der Waals surface area contributed by atoms with Crippen LogP contribution in [-0.2, 0) is 4.79 Å². The van der Waals surface area contributed by atoms with Gasteiger partial charge in [-0.15, -0.1) is 5.10 Å². The maximum absolute atomic E-state index is 12.8. The van der Waals surface area contributed by atoms with E-state index in [1.54, 1.807) is 4.68 Å². The number of nitrogens with zero attached hydrogens (tertiary/aromatic N) is 5. The average molecular weight is 386 g/mol. The van der Waals surface area contributed by atoms with Gasteiger partial charge in [0, 0.05) is 13.1 Å². The first kappa shape index (κ1) is 18.5. The third-order valence-electron chi connectivity index (χ3n) is 6.21. The lowest BCUT2D eigenvalue weighted by Gasteiger charge is -2.41. The number of tetrazole rings is 1. The van der Waals surface area contributed by atoms with E-state index in [1.165, 1.54) is 49.4 Å². The molecule has 7 heteroatoms. The number of likely N-dealkylation sites (tertiary alicyclic amines) is 1. The lowest BCUT2D eigenvalue weighted by atomic mass is 9.75. The van der Waals surface area contributed by atoms with Crippen molar-refractivity contribution in [2.75, 3.05) is 18.8 Å². The van der Waals surface area contributed by atoms with Gasteiger partial charge in [0.25, 0.3) is 0 Å². The quantitative estimate of drug-likeness (QED) is 0.755. The third kappa shape index (κ3) is 3.88. The Labute approximate surface area is 164 Å².